The monoisotopic (exact) mass is 437 g/mol. The zero-order chi connectivity index (χ0) is 18.0. The quantitative estimate of drug-likeness (QED) is 0.707. The van der Waals surface area contributed by atoms with E-state index in [-0.39, 0.29) is 11.8 Å². The number of rotatable bonds is 2. The molecule has 1 aromatic rings. The first-order chi connectivity index (χ1) is 11.9. The number of halogens is 4. The molecule has 1 atom stereocenters. The Kier molecular flexibility index (Phi) is 5.82. The lowest BCUT2D eigenvalue weighted by Crippen LogP contribution is -2.47. The number of nitrogens with zero attached hydrogens (tertiary/aromatic N) is 3. The molecule has 138 valence electrons. The highest BCUT2D eigenvalue weighted by Crippen LogP contribution is 2.35. The van der Waals surface area contributed by atoms with E-state index in [0.717, 1.165) is 49.7 Å². The Balaban J connectivity index is 1.72. The number of aromatic nitrogens is 1. The average Bonchev–Trinajstić information content (AvgIpc) is 2.61. The molecule has 0 bridgehead atoms. The summed E-state index contributed by atoms with van der Waals surface area (Å²) in [5.74, 6) is 2.45. The second kappa shape index (κ2) is 7.73. The van der Waals surface area contributed by atoms with E-state index in [2.05, 4.69) is 20.9 Å². The zero-order valence-corrected chi connectivity index (χ0v) is 16.0. The predicted octanol–water partition coefficient (Wildman–Crippen LogP) is 3.65. The van der Waals surface area contributed by atoms with Crippen LogP contribution in [0, 0.1) is 5.92 Å². The molecular formula is C16H19BrF3N3OS. The number of hydrogen-bond acceptors (Lipinski definition) is 4. The highest BCUT2D eigenvalue weighted by molar-refractivity contribution is 9.10. The first-order valence-corrected chi connectivity index (χ1v) is 10.2. The van der Waals surface area contributed by atoms with Crippen molar-refractivity contribution in [3.05, 3.63) is 22.3 Å². The van der Waals surface area contributed by atoms with E-state index in [1.54, 1.807) is 0 Å². The van der Waals surface area contributed by atoms with E-state index in [1.165, 1.54) is 0 Å². The van der Waals surface area contributed by atoms with Crippen molar-refractivity contribution in [1.82, 2.24) is 9.88 Å². The highest BCUT2D eigenvalue weighted by atomic mass is 79.9. The molecule has 1 aromatic heterocycles. The van der Waals surface area contributed by atoms with Crippen molar-refractivity contribution in [1.29, 1.82) is 0 Å². The fourth-order valence-corrected chi connectivity index (χ4v) is 4.73. The Morgan fingerprint density at radius 2 is 2.00 bits per heavy atom. The van der Waals surface area contributed by atoms with E-state index >= 15 is 0 Å². The largest absolute Gasteiger partial charge is 0.417 e. The Labute approximate surface area is 157 Å². The van der Waals surface area contributed by atoms with Gasteiger partial charge in [0.15, 0.2) is 0 Å². The summed E-state index contributed by atoms with van der Waals surface area (Å²) in [6.45, 7) is 2.75. The van der Waals surface area contributed by atoms with E-state index in [1.807, 2.05) is 21.6 Å². The minimum absolute atomic E-state index is 0.118. The third-order valence-corrected chi connectivity index (χ3v) is 6.07. The molecule has 2 aliphatic rings. The smallest absolute Gasteiger partial charge is 0.355 e. The van der Waals surface area contributed by atoms with Gasteiger partial charge in [0, 0.05) is 43.9 Å². The second-order valence-electron chi connectivity index (χ2n) is 6.25. The van der Waals surface area contributed by atoms with Gasteiger partial charge in [0.25, 0.3) is 0 Å². The van der Waals surface area contributed by atoms with E-state index in [4.69, 9.17) is 0 Å². The molecule has 2 saturated heterocycles. The maximum absolute atomic E-state index is 12.8. The Morgan fingerprint density at radius 1 is 1.28 bits per heavy atom. The first-order valence-electron chi connectivity index (χ1n) is 8.20. The molecule has 0 radical (unpaired) electrons. The van der Waals surface area contributed by atoms with Crippen molar-refractivity contribution in [2.75, 3.05) is 42.6 Å². The van der Waals surface area contributed by atoms with E-state index in [0.29, 0.717) is 23.4 Å². The van der Waals surface area contributed by atoms with Crippen LogP contribution in [-0.4, -0.2) is 53.5 Å². The van der Waals surface area contributed by atoms with Gasteiger partial charge < -0.3 is 9.80 Å². The average molecular weight is 438 g/mol. The number of alkyl halides is 3. The lowest BCUT2D eigenvalue weighted by Gasteiger charge is -2.37. The van der Waals surface area contributed by atoms with Crippen LogP contribution >= 0.6 is 27.7 Å². The minimum Gasteiger partial charge on any atom is -0.355 e. The normalized spacial score (nSPS) is 22.2. The molecule has 2 aliphatic heterocycles. The van der Waals surface area contributed by atoms with Crippen LogP contribution in [0.2, 0.25) is 0 Å². The lowest BCUT2D eigenvalue weighted by molar-refractivity contribution is -0.138. The summed E-state index contributed by atoms with van der Waals surface area (Å²) in [4.78, 5) is 20.5. The standard InChI is InChI=1S/C16H19BrF3N3OS/c17-13-8-12(16(18,19)20)9-21-14(13)23-3-1-2-11(10-23)15(24)22-4-6-25-7-5-22/h8-9,11H,1-7,10H2. The molecule has 25 heavy (non-hydrogen) atoms. The van der Waals surface area contributed by atoms with Gasteiger partial charge in [-0.1, -0.05) is 0 Å². The molecule has 2 fully saturated rings. The highest BCUT2D eigenvalue weighted by Gasteiger charge is 2.34. The number of thioether (sulfide) groups is 1. The number of amides is 1. The van der Waals surface area contributed by atoms with Crippen LogP contribution in [-0.2, 0) is 11.0 Å². The van der Waals surface area contributed by atoms with Crippen LogP contribution in [0.5, 0.6) is 0 Å². The fraction of sp³-hybridized carbons (Fsp3) is 0.625. The maximum atomic E-state index is 12.8. The van der Waals surface area contributed by atoms with Crippen LogP contribution in [0.4, 0.5) is 19.0 Å². The molecule has 3 heterocycles. The van der Waals surface area contributed by atoms with Crippen molar-refractivity contribution in [2.45, 2.75) is 19.0 Å². The lowest BCUT2D eigenvalue weighted by atomic mass is 9.96. The molecule has 9 heteroatoms. The third-order valence-electron chi connectivity index (χ3n) is 4.54. The number of carbonyl (C=O) groups is 1. The topological polar surface area (TPSA) is 36.4 Å². The molecule has 1 unspecified atom stereocenters. The van der Waals surface area contributed by atoms with Crippen LogP contribution in [0.1, 0.15) is 18.4 Å². The Bertz CT molecular complexity index is 638. The zero-order valence-electron chi connectivity index (χ0n) is 13.6. The first kappa shape index (κ1) is 18.8. The molecule has 0 saturated carbocycles. The van der Waals surface area contributed by atoms with Gasteiger partial charge >= 0.3 is 6.18 Å². The van der Waals surface area contributed by atoms with Gasteiger partial charge in [0.05, 0.1) is 16.0 Å². The summed E-state index contributed by atoms with van der Waals surface area (Å²) in [5, 5.41) is 0. The van der Waals surface area contributed by atoms with Gasteiger partial charge in [-0.05, 0) is 34.8 Å². The molecule has 0 N–H and O–H groups in total. The fourth-order valence-electron chi connectivity index (χ4n) is 3.23. The van der Waals surface area contributed by atoms with Gasteiger partial charge in [-0.15, -0.1) is 0 Å². The summed E-state index contributed by atoms with van der Waals surface area (Å²) >= 11 is 5.06. The Morgan fingerprint density at radius 3 is 2.64 bits per heavy atom. The number of hydrogen-bond donors (Lipinski definition) is 0. The second-order valence-corrected chi connectivity index (χ2v) is 8.33. The number of pyridine rings is 1. The number of anilines is 1. The van der Waals surface area contributed by atoms with E-state index in [9.17, 15) is 18.0 Å². The Hall–Kier alpha value is -0.960. The van der Waals surface area contributed by atoms with Crippen LogP contribution in [0.15, 0.2) is 16.7 Å². The van der Waals surface area contributed by atoms with Gasteiger partial charge in [-0.3, -0.25) is 4.79 Å². The minimum atomic E-state index is -4.42. The van der Waals surface area contributed by atoms with Gasteiger partial charge in [0.1, 0.15) is 5.82 Å². The summed E-state index contributed by atoms with van der Waals surface area (Å²) in [5.41, 5.74) is -0.779. The molecule has 4 nitrogen and oxygen atoms in total. The molecule has 0 aliphatic carbocycles. The predicted molar refractivity (Wildman–Crippen MR) is 95.8 cm³/mol. The van der Waals surface area contributed by atoms with Gasteiger partial charge in [0.2, 0.25) is 5.91 Å². The molecule has 0 aromatic carbocycles. The van der Waals surface area contributed by atoms with Crippen molar-refractivity contribution >= 4 is 39.4 Å². The SMILES string of the molecule is O=C(C1CCCN(c2ncc(C(F)(F)F)cc2Br)C1)N1CCSCC1. The van der Waals surface area contributed by atoms with Crippen molar-refractivity contribution in [3.8, 4) is 0 Å². The summed E-state index contributed by atoms with van der Waals surface area (Å²) < 4.78 is 38.7. The number of piperidine rings is 1. The summed E-state index contributed by atoms with van der Waals surface area (Å²) in [6, 6.07) is 1.05. The van der Waals surface area contributed by atoms with Crippen molar-refractivity contribution in [3.63, 3.8) is 0 Å². The van der Waals surface area contributed by atoms with Crippen molar-refractivity contribution in [2.24, 2.45) is 5.92 Å². The summed E-state index contributed by atoms with van der Waals surface area (Å²) in [7, 11) is 0. The maximum Gasteiger partial charge on any atom is 0.417 e. The van der Waals surface area contributed by atoms with E-state index < -0.39 is 11.7 Å². The van der Waals surface area contributed by atoms with Gasteiger partial charge in [-0.2, -0.15) is 24.9 Å². The third kappa shape index (κ3) is 4.42. The molecule has 1 amide bonds. The van der Waals surface area contributed by atoms with Crippen LogP contribution in [0.3, 0.4) is 0 Å². The van der Waals surface area contributed by atoms with Crippen LogP contribution in [0.25, 0.3) is 0 Å². The molecule has 3 rings (SSSR count). The summed E-state index contributed by atoms with van der Waals surface area (Å²) in [6.07, 6.45) is -1.92. The van der Waals surface area contributed by atoms with Crippen molar-refractivity contribution < 1.29 is 18.0 Å². The molecular weight excluding hydrogens is 419 g/mol. The number of carbonyl (C=O) groups excluding carboxylic acids is 1. The molecule has 0 spiro atoms. The van der Waals surface area contributed by atoms with Crippen LogP contribution < -0.4 is 4.90 Å². The van der Waals surface area contributed by atoms with Gasteiger partial charge in [-0.25, -0.2) is 4.98 Å².